The molecule has 1 aliphatic rings. The van der Waals surface area contributed by atoms with E-state index in [9.17, 15) is 0 Å². The zero-order chi connectivity index (χ0) is 13.7. The first-order valence-electron chi connectivity index (χ1n) is 7.49. The Morgan fingerprint density at radius 3 is 2.00 bits per heavy atom. The van der Waals surface area contributed by atoms with Gasteiger partial charge < -0.3 is 0 Å². The molecule has 100 valence electrons. The number of benzene rings is 2. The molecular weight excluding hydrogens is 228 g/mol. The van der Waals surface area contributed by atoms with Gasteiger partial charge in [-0.15, -0.1) is 0 Å². The summed E-state index contributed by atoms with van der Waals surface area (Å²) in [6, 6.07) is 17.8. The van der Waals surface area contributed by atoms with Gasteiger partial charge in [-0.2, -0.15) is 0 Å². The molecule has 0 nitrogen and oxygen atoms in total. The third kappa shape index (κ3) is 3.07. The molecule has 0 amide bonds. The summed E-state index contributed by atoms with van der Waals surface area (Å²) in [5.74, 6) is 0.632. The van der Waals surface area contributed by atoms with Crippen molar-refractivity contribution < 1.29 is 0 Å². The first-order chi connectivity index (χ1) is 9.34. The fraction of sp³-hybridized carbons (Fsp3) is 0.368. The monoisotopic (exact) mass is 252 g/mol. The highest BCUT2D eigenvalue weighted by Gasteiger charge is 2.16. The van der Waals surface area contributed by atoms with Gasteiger partial charge in [0.2, 0.25) is 0 Å². The Morgan fingerprint density at radius 1 is 0.737 bits per heavy atom. The summed E-state index contributed by atoms with van der Waals surface area (Å²) >= 11 is 0. The Balaban J connectivity index is 0.000000637. The Morgan fingerprint density at radius 2 is 1.26 bits per heavy atom. The number of aryl methyl sites for hydroxylation is 2. The molecule has 0 aliphatic heterocycles. The molecular formula is C19H24. The van der Waals surface area contributed by atoms with Crippen LogP contribution in [0, 0.1) is 0 Å². The van der Waals surface area contributed by atoms with E-state index >= 15 is 0 Å². The normalized spacial score (nSPS) is 17.1. The highest BCUT2D eigenvalue weighted by Crippen LogP contribution is 2.29. The van der Waals surface area contributed by atoms with Gasteiger partial charge in [-0.25, -0.2) is 0 Å². The van der Waals surface area contributed by atoms with Gasteiger partial charge in [0.1, 0.15) is 0 Å². The van der Waals surface area contributed by atoms with Crippen LogP contribution in [0.5, 0.6) is 0 Å². The summed E-state index contributed by atoms with van der Waals surface area (Å²) in [5.41, 5.74) is 6.15. The summed E-state index contributed by atoms with van der Waals surface area (Å²) in [4.78, 5) is 0. The maximum atomic E-state index is 2.35. The van der Waals surface area contributed by atoms with Crippen LogP contribution in [-0.4, -0.2) is 0 Å². The molecule has 3 rings (SSSR count). The lowest BCUT2D eigenvalue weighted by Crippen LogP contribution is -2.09. The quantitative estimate of drug-likeness (QED) is 0.607. The Labute approximate surface area is 117 Å². The summed E-state index contributed by atoms with van der Waals surface area (Å²) in [6.45, 7) is 6.35. The maximum absolute atomic E-state index is 2.35. The van der Waals surface area contributed by atoms with Crippen LogP contribution in [0.4, 0.5) is 0 Å². The highest BCUT2D eigenvalue weighted by molar-refractivity contribution is 5.37. The van der Waals surface area contributed by atoms with Crippen molar-refractivity contribution in [2.45, 2.75) is 46.0 Å². The average Bonchev–Trinajstić information content (AvgIpc) is 2.47. The Hall–Kier alpha value is -1.56. The number of rotatable bonds is 0. The average molecular weight is 252 g/mol. The zero-order valence-electron chi connectivity index (χ0n) is 12.3. The number of hydrogen-bond donors (Lipinski definition) is 0. The van der Waals surface area contributed by atoms with Gasteiger partial charge in [0.25, 0.3) is 0 Å². The fourth-order valence-electron chi connectivity index (χ4n) is 2.95. The second-order valence-electron chi connectivity index (χ2n) is 5.07. The predicted molar refractivity (Wildman–Crippen MR) is 83.8 cm³/mol. The minimum absolute atomic E-state index is 0.632. The first kappa shape index (κ1) is 13.9. The summed E-state index contributed by atoms with van der Waals surface area (Å²) in [5, 5.41) is 0. The minimum Gasteiger partial charge on any atom is -0.0683 e. The van der Waals surface area contributed by atoms with Crippen LogP contribution in [0.1, 0.15) is 48.9 Å². The molecule has 2 aromatic rings. The second kappa shape index (κ2) is 6.56. The molecule has 0 radical (unpaired) electrons. The first-order valence-corrected chi connectivity index (χ1v) is 7.49. The van der Waals surface area contributed by atoms with Crippen molar-refractivity contribution >= 4 is 0 Å². The molecule has 0 saturated carbocycles. The van der Waals surface area contributed by atoms with Crippen molar-refractivity contribution in [1.82, 2.24) is 0 Å². The topological polar surface area (TPSA) is 0 Å². The van der Waals surface area contributed by atoms with Crippen LogP contribution < -0.4 is 0 Å². The molecule has 19 heavy (non-hydrogen) atoms. The van der Waals surface area contributed by atoms with Gasteiger partial charge in [-0.05, 0) is 47.4 Å². The molecule has 1 atom stereocenters. The molecule has 1 unspecified atom stereocenters. The van der Waals surface area contributed by atoms with Gasteiger partial charge in [0, 0.05) is 0 Å². The second-order valence-corrected chi connectivity index (χ2v) is 5.07. The van der Waals surface area contributed by atoms with E-state index in [2.05, 4.69) is 55.5 Å². The van der Waals surface area contributed by atoms with Gasteiger partial charge >= 0.3 is 0 Å². The summed E-state index contributed by atoms with van der Waals surface area (Å²) in [6.07, 6.45) is 3.53. The molecule has 0 heterocycles. The van der Waals surface area contributed by atoms with E-state index in [0.29, 0.717) is 5.92 Å². The van der Waals surface area contributed by atoms with Crippen LogP contribution in [0.25, 0.3) is 0 Å². The third-order valence-electron chi connectivity index (χ3n) is 3.89. The largest absolute Gasteiger partial charge is 0.0683 e. The van der Waals surface area contributed by atoms with E-state index in [1.807, 2.05) is 13.8 Å². The molecule has 0 N–H and O–H groups in total. The van der Waals surface area contributed by atoms with E-state index in [1.165, 1.54) is 36.0 Å². The Bertz CT molecular complexity index is 525. The van der Waals surface area contributed by atoms with Crippen LogP contribution in [0.2, 0.25) is 0 Å². The van der Waals surface area contributed by atoms with Gasteiger partial charge in [-0.1, -0.05) is 69.3 Å². The minimum atomic E-state index is 0.632. The molecule has 0 aromatic heterocycles. The van der Waals surface area contributed by atoms with E-state index in [0.717, 1.165) is 0 Å². The van der Waals surface area contributed by atoms with Crippen molar-refractivity contribution in [3.05, 3.63) is 70.8 Å². The SMILES string of the molecule is CC.CC1Cc2ccccc2CCc2ccccc21. The van der Waals surface area contributed by atoms with E-state index < -0.39 is 0 Å². The lowest BCUT2D eigenvalue weighted by Gasteiger charge is -2.22. The molecule has 0 bridgehead atoms. The highest BCUT2D eigenvalue weighted by atomic mass is 14.2. The smallest absolute Gasteiger partial charge is 0.0147 e. The lowest BCUT2D eigenvalue weighted by atomic mass is 9.83. The predicted octanol–water partition coefficient (Wildman–Crippen LogP) is 5.16. The third-order valence-corrected chi connectivity index (χ3v) is 3.89. The number of hydrogen-bond acceptors (Lipinski definition) is 0. The number of fused-ring (bicyclic) bond motifs is 2. The van der Waals surface area contributed by atoms with Crippen LogP contribution in [0.3, 0.4) is 0 Å². The van der Waals surface area contributed by atoms with Crippen molar-refractivity contribution in [1.29, 1.82) is 0 Å². The van der Waals surface area contributed by atoms with Crippen LogP contribution in [0.15, 0.2) is 48.5 Å². The van der Waals surface area contributed by atoms with Crippen LogP contribution >= 0.6 is 0 Å². The van der Waals surface area contributed by atoms with Gasteiger partial charge in [-0.3, -0.25) is 0 Å². The zero-order valence-corrected chi connectivity index (χ0v) is 12.3. The van der Waals surface area contributed by atoms with Gasteiger partial charge in [0.05, 0.1) is 0 Å². The van der Waals surface area contributed by atoms with E-state index in [4.69, 9.17) is 0 Å². The molecule has 2 aromatic carbocycles. The Kier molecular flexibility index (Phi) is 4.79. The summed E-state index contributed by atoms with van der Waals surface area (Å²) < 4.78 is 0. The molecule has 1 aliphatic carbocycles. The van der Waals surface area contributed by atoms with E-state index in [-0.39, 0.29) is 0 Å². The molecule has 0 saturated heterocycles. The maximum Gasteiger partial charge on any atom is -0.0147 e. The van der Waals surface area contributed by atoms with Crippen molar-refractivity contribution in [2.75, 3.05) is 0 Å². The van der Waals surface area contributed by atoms with Gasteiger partial charge in [0.15, 0.2) is 0 Å². The standard InChI is InChI=1S/C17H18.C2H6/c1-13-12-16-8-3-2-6-14(16)10-11-15-7-4-5-9-17(13)15;1-2/h2-9,13H,10-12H2,1H3;1-2H3. The molecule has 0 fully saturated rings. The van der Waals surface area contributed by atoms with Crippen molar-refractivity contribution in [3.63, 3.8) is 0 Å². The molecule has 0 spiro atoms. The fourth-order valence-corrected chi connectivity index (χ4v) is 2.95. The van der Waals surface area contributed by atoms with E-state index in [1.54, 1.807) is 5.56 Å². The van der Waals surface area contributed by atoms with Crippen molar-refractivity contribution in [3.8, 4) is 0 Å². The van der Waals surface area contributed by atoms with Crippen LogP contribution in [-0.2, 0) is 19.3 Å². The van der Waals surface area contributed by atoms with Crippen molar-refractivity contribution in [2.24, 2.45) is 0 Å². The molecule has 0 heteroatoms. The summed E-state index contributed by atoms with van der Waals surface area (Å²) in [7, 11) is 0. The lowest BCUT2D eigenvalue weighted by molar-refractivity contribution is 0.717.